The van der Waals surface area contributed by atoms with Crippen LogP contribution in [-0.2, 0) is 0 Å². The third-order valence-electron chi connectivity index (χ3n) is 5.08. The molecule has 0 bridgehead atoms. The minimum Gasteiger partial charge on any atom is -0.496 e. The average Bonchev–Trinajstić information content (AvgIpc) is 3.38. The maximum atomic E-state index is 13.1. The topological polar surface area (TPSA) is 55.6 Å². The lowest BCUT2D eigenvalue weighted by molar-refractivity contribution is 0.0725. The van der Waals surface area contributed by atoms with Gasteiger partial charge in [-0.3, -0.25) is 4.79 Å². The Morgan fingerprint density at radius 2 is 1.96 bits per heavy atom. The number of benzene rings is 2. The number of para-hydroxylation sites is 1. The molecule has 0 aliphatic carbocycles. The van der Waals surface area contributed by atoms with E-state index in [0.717, 1.165) is 24.9 Å². The number of carbonyl (C=O) groups is 1. The minimum absolute atomic E-state index is 0.0875. The summed E-state index contributed by atoms with van der Waals surface area (Å²) in [7, 11) is 1.61. The van der Waals surface area contributed by atoms with E-state index >= 15 is 0 Å². The molecule has 0 saturated carbocycles. The Labute approximate surface area is 158 Å². The van der Waals surface area contributed by atoms with Crippen LogP contribution < -0.4 is 4.74 Å². The van der Waals surface area contributed by atoms with Crippen LogP contribution in [0.1, 0.15) is 40.5 Å². The van der Waals surface area contributed by atoms with Gasteiger partial charge in [0.25, 0.3) is 5.91 Å². The van der Waals surface area contributed by atoms with Crippen LogP contribution in [0.25, 0.3) is 11.3 Å². The van der Waals surface area contributed by atoms with Gasteiger partial charge in [0.15, 0.2) is 11.5 Å². The van der Waals surface area contributed by atoms with Gasteiger partial charge in [-0.15, -0.1) is 0 Å². The van der Waals surface area contributed by atoms with E-state index in [1.165, 1.54) is 11.1 Å². The Kier molecular flexibility index (Phi) is 4.67. The molecule has 1 saturated heterocycles. The molecule has 138 valence electrons. The first kappa shape index (κ1) is 17.3. The largest absolute Gasteiger partial charge is 0.496 e. The molecule has 2 heterocycles. The van der Waals surface area contributed by atoms with Crippen molar-refractivity contribution in [1.82, 2.24) is 10.1 Å². The van der Waals surface area contributed by atoms with Gasteiger partial charge >= 0.3 is 0 Å². The summed E-state index contributed by atoms with van der Waals surface area (Å²) in [6.45, 7) is 2.80. The SMILES string of the molecule is COc1ccccc1-c1cc(C(=O)N2CCC[C@@H]2c2ccc(C)cc2)no1. The molecule has 4 rings (SSSR count). The fraction of sp³-hybridized carbons (Fsp3) is 0.273. The van der Waals surface area contributed by atoms with Gasteiger partial charge < -0.3 is 14.2 Å². The number of hydrogen-bond donors (Lipinski definition) is 0. The molecule has 27 heavy (non-hydrogen) atoms. The van der Waals surface area contributed by atoms with Crippen molar-refractivity contribution in [3.05, 3.63) is 71.4 Å². The molecule has 1 amide bonds. The van der Waals surface area contributed by atoms with E-state index in [1.54, 1.807) is 13.2 Å². The molecular weight excluding hydrogens is 340 g/mol. The normalized spacial score (nSPS) is 16.5. The number of likely N-dealkylation sites (tertiary alicyclic amines) is 1. The third-order valence-corrected chi connectivity index (χ3v) is 5.08. The van der Waals surface area contributed by atoms with Gasteiger partial charge in [-0.05, 0) is 37.5 Å². The van der Waals surface area contributed by atoms with Crippen LogP contribution in [0.2, 0.25) is 0 Å². The maximum absolute atomic E-state index is 13.1. The van der Waals surface area contributed by atoms with E-state index in [9.17, 15) is 4.79 Å². The average molecular weight is 362 g/mol. The summed E-state index contributed by atoms with van der Waals surface area (Å²) in [6.07, 6.45) is 1.95. The van der Waals surface area contributed by atoms with Crippen molar-refractivity contribution in [3.8, 4) is 17.1 Å². The molecule has 5 nitrogen and oxygen atoms in total. The first-order chi connectivity index (χ1) is 13.2. The van der Waals surface area contributed by atoms with Crippen LogP contribution in [0.5, 0.6) is 5.75 Å². The Morgan fingerprint density at radius 1 is 1.19 bits per heavy atom. The van der Waals surface area contributed by atoms with Gasteiger partial charge in [0.05, 0.1) is 18.7 Å². The summed E-state index contributed by atoms with van der Waals surface area (Å²) in [5.41, 5.74) is 3.49. The highest BCUT2D eigenvalue weighted by Crippen LogP contribution is 2.34. The lowest BCUT2D eigenvalue weighted by Gasteiger charge is -2.24. The number of aryl methyl sites for hydroxylation is 1. The zero-order valence-electron chi connectivity index (χ0n) is 15.5. The number of carbonyl (C=O) groups excluding carboxylic acids is 1. The van der Waals surface area contributed by atoms with Crippen LogP contribution in [0.3, 0.4) is 0 Å². The van der Waals surface area contributed by atoms with Crippen LogP contribution in [0, 0.1) is 6.92 Å². The van der Waals surface area contributed by atoms with Crippen LogP contribution >= 0.6 is 0 Å². The number of rotatable bonds is 4. The summed E-state index contributed by atoms with van der Waals surface area (Å²) < 4.78 is 10.8. The third kappa shape index (κ3) is 3.33. The minimum atomic E-state index is -0.0945. The van der Waals surface area contributed by atoms with Crippen molar-refractivity contribution in [2.24, 2.45) is 0 Å². The van der Waals surface area contributed by atoms with Crippen molar-refractivity contribution in [3.63, 3.8) is 0 Å². The monoisotopic (exact) mass is 362 g/mol. The van der Waals surface area contributed by atoms with Crippen LogP contribution in [0.15, 0.2) is 59.1 Å². The van der Waals surface area contributed by atoms with Crippen molar-refractivity contribution < 1.29 is 14.1 Å². The van der Waals surface area contributed by atoms with E-state index in [-0.39, 0.29) is 11.9 Å². The number of nitrogens with zero attached hydrogens (tertiary/aromatic N) is 2. The van der Waals surface area contributed by atoms with Crippen molar-refractivity contribution in [1.29, 1.82) is 0 Å². The first-order valence-electron chi connectivity index (χ1n) is 9.15. The Morgan fingerprint density at radius 3 is 2.74 bits per heavy atom. The Hall–Kier alpha value is -3.08. The number of aromatic nitrogens is 1. The zero-order chi connectivity index (χ0) is 18.8. The molecule has 0 radical (unpaired) electrons. The molecule has 1 aliphatic heterocycles. The highest BCUT2D eigenvalue weighted by Gasteiger charge is 2.32. The number of amides is 1. The van der Waals surface area contributed by atoms with Gasteiger partial charge in [-0.25, -0.2) is 0 Å². The van der Waals surface area contributed by atoms with E-state index in [4.69, 9.17) is 9.26 Å². The summed E-state index contributed by atoms with van der Waals surface area (Å²) in [5, 5.41) is 4.03. The summed E-state index contributed by atoms with van der Waals surface area (Å²) in [4.78, 5) is 15.0. The highest BCUT2D eigenvalue weighted by molar-refractivity contribution is 5.93. The lowest BCUT2D eigenvalue weighted by atomic mass is 10.0. The van der Waals surface area contributed by atoms with Crippen molar-refractivity contribution in [2.45, 2.75) is 25.8 Å². The second-order valence-corrected chi connectivity index (χ2v) is 6.84. The molecule has 3 aromatic rings. The quantitative estimate of drug-likeness (QED) is 0.679. The molecule has 1 aliphatic rings. The molecule has 1 aromatic heterocycles. The maximum Gasteiger partial charge on any atom is 0.276 e. The second-order valence-electron chi connectivity index (χ2n) is 6.84. The van der Waals surface area contributed by atoms with Gasteiger partial charge in [0.1, 0.15) is 5.75 Å². The van der Waals surface area contributed by atoms with Gasteiger partial charge in [0.2, 0.25) is 0 Å². The predicted molar refractivity (Wildman–Crippen MR) is 103 cm³/mol. The van der Waals surface area contributed by atoms with Crippen LogP contribution in [0.4, 0.5) is 0 Å². The highest BCUT2D eigenvalue weighted by atomic mass is 16.5. The predicted octanol–water partition coefficient (Wildman–Crippen LogP) is 4.64. The van der Waals surface area contributed by atoms with Gasteiger partial charge in [0, 0.05) is 12.6 Å². The molecule has 0 unspecified atom stereocenters. The lowest BCUT2D eigenvalue weighted by Crippen LogP contribution is -2.30. The molecular formula is C22H22N2O3. The second kappa shape index (κ2) is 7.27. The van der Waals surface area contributed by atoms with Crippen LogP contribution in [-0.4, -0.2) is 29.6 Å². The smallest absolute Gasteiger partial charge is 0.276 e. The summed E-state index contributed by atoms with van der Waals surface area (Å²) in [5.74, 6) is 1.12. The standard InChI is InChI=1S/C22H22N2O3/c1-15-9-11-16(12-10-15)19-7-5-13-24(19)22(25)18-14-21(27-23-18)17-6-3-4-8-20(17)26-2/h3-4,6,8-12,14,19H,5,7,13H2,1-2H3/t19-/m1/s1. The fourth-order valence-corrected chi connectivity index (χ4v) is 3.64. The van der Waals surface area contributed by atoms with Crippen molar-refractivity contribution >= 4 is 5.91 Å². The Bertz CT molecular complexity index is 946. The first-order valence-corrected chi connectivity index (χ1v) is 9.15. The number of ether oxygens (including phenoxy) is 1. The molecule has 5 heteroatoms. The van der Waals surface area contributed by atoms with Crippen molar-refractivity contribution in [2.75, 3.05) is 13.7 Å². The summed E-state index contributed by atoms with van der Waals surface area (Å²) >= 11 is 0. The molecule has 2 aromatic carbocycles. The van der Waals surface area contributed by atoms with E-state index in [2.05, 4.69) is 36.3 Å². The Balaban J connectivity index is 1.59. The molecule has 0 N–H and O–H groups in total. The van der Waals surface area contributed by atoms with E-state index < -0.39 is 0 Å². The summed E-state index contributed by atoms with van der Waals surface area (Å²) in [6, 6.07) is 17.7. The molecule has 1 atom stereocenters. The van der Waals surface area contributed by atoms with E-state index in [0.29, 0.717) is 17.2 Å². The zero-order valence-corrected chi connectivity index (χ0v) is 15.5. The fourth-order valence-electron chi connectivity index (χ4n) is 3.64. The van der Waals surface area contributed by atoms with Gasteiger partial charge in [-0.2, -0.15) is 0 Å². The number of methoxy groups -OCH3 is 1. The molecule has 0 spiro atoms. The van der Waals surface area contributed by atoms with Gasteiger partial charge in [-0.1, -0.05) is 47.1 Å². The molecule has 1 fully saturated rings. The van der Waals surface area contributed by atoms with E-state index in [1.807, 2.05) is 29.2 Å². The number of hydrogen-bond acceptors (Lipinski definition) is 4.